The van der Waals surface area contributed by atoms with E-state index in [1.54, 1.807) is 12.1 Å². The van der Waals surface area contributed by atoms with Crippen LogP contribution in [0.4, 0.5) is 11.4 Å². The third kappa shape index (κ3) is 3.47. The van der Waals surface area contributed by atoms with Crippen molar-refractivity contribution in [1.82, 2.24) is 0 Å². The van der Waals surface area contributed by atoms with E-state index in [0.717, 1.165) is 0 Å². The van der Waals surface area contributed by atoms with Crippen molar-refractivity contribution in [3.8, 4) is 0 Å². The van der Waals surface area contributed by atoms with Crippen molar-refractivity contribution < 1.29 is 9.59 Å². The molecule has 5 nitrogen and oxygen atoms in total. The zero-order valence-electron chi connectivity index (χ0n) is 9.43. The molecule has 0 aromatic heterocycles. The molecule has 17 heavy (non-hydrogen) atoms. The van der Waals surface area contributed by atoms with Gasteiger partial charge >= 0.3 is 0 Å². The number of carbonyl (C=O) groups is 2. The fourth-order valence-electron chi connectivity index (χ4n) is 1.27. The van der Waals surface area contributed by atoms with Crippen LogP contribution in [-0.4, -0.2) is 23.5 Å². The summed E-state index contributed by atoms with van der Waals surface area (Å²) in [5.41, 5.74) is 12.3. The molecular formula is C11H15N3O2S. The van der Waals surface area contributed by atoms with Crippen molar-refractivity contribution in [3.63, 3.8) is 0 Å². The van der Waals surface area contributed by atoms with Gasteiger partial charge in [-0.15, -0.1) is 0 Å². The van der Waals surface area contributed by atoms with Gasteiger partial charge in [-0.25, -0.2) is 0 Å². The molecule has 0 heterocycles. The Morgan fingerprint density at radius 1 is 1.47 bits per heavy atom. The summed E-state index contributed by atoms with van der Waals surface area (Å²) in [7, 11) is 0. The van der Waals surface area contributed by atoms with Gasteiger partial charge in [0.15, 0.2) is 5.78 Å². The normalized spacial score (nSPS) is 11.9. The largest absolute Gasteiger partial charge is 0.399 e. The van der Waals surface area contributed by atoms with Gasteiger partial charge in [0, 0.05) is 17.0 Å². The van der Waals surface area contributed by atoms with E-state index >= 15 is 0 Å². The van der Waals surface area contributed by atoms with E-state index in [2.05, 4.69) is 17.9 Å². The summed E-state index contributed by atoms with van der Waals surface area (Å²) in [5.74, 6) is -0.324. The Morgan fingerprint density at radius 3 is 2.65 bits per heavy atom. The van der Waals surface area contributed by atoms with Crippen molar-refractivity contribution in [3.05, 3.63) is 23.8 Å². The average Bonchev–Trinajstić information content (AvgIpc) is 2.29. The molecule has 0 saturated heterocycles. The molecule has 0 aliphatic heterocycles. The van der Waals surface area contributed by atoms with Crippen LogP contribution in [0.5, 0.6) is 0 Å². The summed E-state index contributed by atoms with van der Waals surface area (Å²) in [6, 6.07) is 3.99. The molecule has 1 amide bonds. The van der Waals surface area contributed by atoms with E-state index in [9.17, 15) is 9.59 Å². The minimum Gasteiger partial charge on any atom is -0.399 e. The molecule has 0 spiro atoms. The summed E-state index contributed by atoms with van der Waals surface area (Å²) in [4.78, 5) is 23.0. The minimum atomic E-state index is -0.712. The first-order chi connectivity index (χ1) is 7.95. The zero-order chi connectivity index (χ0) is 13.0. The standard InChI is InChI=1S/C11H15N3O2S/c1-6(15)8-4-7(12)2-3-10(8)14-11(16)9(13)5-17/h2-4,9,17H,5,12-13H2,1H3,(H,14,16)/t9-/m0/s1. The number of benzene rings is 1. The van der Waals surface area contributed by atoms with E-state index in [4.69, 9.17) is 11.5 Å². The van der Waals surface area contributed by atoms with Gasteiger partial charge in [0.25, 0.3) is 0 Å². The predicted molar refractivity (Wildman–Crippen MR) is 71.3 cm³/mol. The Labute approximate surface area is 105 Å². The van der Waals surface area contributed by atoms with Gasteiger partial charge < -0.3 is 16.8 Å². The van der Waals surface area contributed by atoms with E-state index < -0.39 is 6.04 Å². The number of amides is 1. The van der Waals surface area contributed by atoms with Crippen LogP contribution in [0.15, 0.2) is 18.2 Å². The lowest BCUT2D eigenvalue weighted by atomic mass is 10.1. The Balaban J connectivity index is 2.98. The molecule has 0 aliphatic rings. The number of thiol groups is 1. The summed E-state index contributed by atoms with van der Waals surface area (Å²) < 4.78 is 0. The van der Waals surface area contributed by atoms with Gasteiger partial charge in [0.05, 0.1) is 11.7 Å². The van der Waals surface area contributed by atoms with Gasteiger partial charge in [-0.05, 0) is 25.1 Å². The predicted octanol–water partition coefficient (Wildman–Crippen LogP) is 0.667. The van der Waals surface area contributed by atoms with E-state index in [-0.39, 0.29) is 17.4 Å². The number of carbonyl (C=O) groups excluding carboxylic acids is 2. The smallest absolute Gasteiger partial charge is 0.242 e. The molecule has 0 radical (unpaired) electrons. The number of hydrogen-bond acceptors (Lipinski definition) is 5. The van der Waals surface area contributed by atoms with E-state index in [1.807, 2.05) is 0 Å². The highest BCUT2D eigenvalue weighted by Gasteiger charge is 2.15. The van der Waals surface area contributed by atoms with Gasteiger partial charge in [-0.2, -0.15) is 12.6 Å². The maximum absolute atomic E-state index is 11.6. The van der Waals surface area contributed by atoms with Crippen molar-refractivity contribution >= 4 is 35.7 Å². The van der Waals surface area contributed by atoms with Gasteiger partial charge in [0.1, 0.15) is 0 Å². The molecule has 0 aliphatic carbocycles. The monoisotopic (exact) mass is 253 g/mol. The molecule has 0 bridgehead atoms. The fraction of sp³-hybridized carbons (Fsp3) is 0.273. The first-order valence-corrected chi connectivity index (χ1v) is 5.66. The van der Waals surface area contributed by atoms with Crippen LogP contribution >= 0.6 is 12.6 Å². The number of ketones is 1. The number of rotatable bonds is 4. The summed E-state index contributed by atoms with van der Waals surface area (Å²) in [6.45, 7) is 1.41. The van der Waals surface area contributed by atoms with Crippen molar-refractivity contribution in [1.29, 1.82) is 0 Å². The first kappa shape index (κ1) is 13.5. The van der Waals surface area contributed by atoms with Crippen LogP contribution in [0.1, 0.15) is 17.3 Å². The number of hydrogen-bond donors (Lipinski definition) is 4. The molecule has 1 aromatic rings. The first-order valence-electron chi connectivity index (χ1n) is 5.03. The van der Waals surface area contributed by atoms with Crippen LogP contribution in [0, 0.1) is 0 Å². The second-order valence-electron chi connectivity index (χ2n) is 3.64. The molecule has 0 fully saturated rings. The Hall–Kier alpha value is -1.53. The zero-order valence-corrected chi connectivity index (χ0v) is 10.3. The van der Waals surface area contributed by atoms with Crippen molar-refractivity contribution in [2.75, 3.05) is 16.8 Å². The number of anilines is 2. The van der Waals surface area contributed by atoms with Gasteiger partial charge in [0.2, 0.25) is 5.91 Å². The molecule has 6 heteroatoms. The molecule has 5 N–H and O–H groups in total. The molecule has 1 aromatic carbocycles. The average molecular weight is 253 g/mol. The van der Waals surface area contributed by atoms with Gasteiger partial charge in [-0.1, -0.05) is 0 Å². The molecule has 0 saturated carbocycles. The number of nitrogens with one attached hydrogen (secondary N) is 1. The SMILES string of the molecule is CC(=O)c1cc(N)ccc1NC(=O)[C@@H](N)CS. The lowest BCUT2D eigenvalue weighted by Crippen LogP contribution is -2.37. The third-order valence-corrected chi connectivity index (χ3v) is 2.61. The Bertz CT molecular complexity index is 448. The quantitative estimate of drug-likeness (QED) is 0.360. The molecule has 1 atom stereocenters. The lowest BCUT2D eigenvalue weighted by Gasteiger charge is -2.12. The molecule has 0 unspecified atom stereocenters. The van der Waals surface area contributed by atoms with E-state index in [0.29, 0.717) is 16.9 Å². The third-order valence-electron chi connectivity index (χ3n) is 2.21. The summed E-state index contributed by atoms with van der Waals surface area (Å²) in [6.07, 6.45) is 0. The second-order valence-corrected chi connectivity index (χ2v) is 4.00. The minimum absolute atomic E-state index is 0.174. The van der Waals surface area contributed by atoms with Crippen LogP contribution in [0.2, 0.25) is 0 Å². The molecule has 92 valence electrons. The topological polar surface area (TPSA) is 98.2 Å². The number of nitrogen functional groups attached to an aromatic ring is 1. The second kappa shape index (κ2) is 5.70. The highest BCUT2D eigenvalue weighted by atomic mass is 32.1. The van der Waals surface area contributed by atoms with Crippen LogP contribution in [0.3, 0.4) is 0 Å². The number of nitrogens with two attached hydrogens (primary N) is 2. The lowest BCUT2D eigenvalue weighted by molar-refractivity contribution is -0.116. The fourth-order valence-corrected chi connectivity index (χ4v) is 1.44. The highest BCUT2D eigenvalue weighted by Crippen LogP contribution is 2.19. The molecular weight excluding hydrogens is 238 g/mol. The van der Waals surface area contributed by atoms with E-state index in [1.165, 1.54) is 13.0 Å². The highest BCUT2D eigenvalue weighted by molar-refractivity contribution is 7.80. The maximum Gasteiger partial charge on any atom is 0.242 e. The number of Topliss-reactive ketones (excluding diaryl/α,β-unsaturated/α-hetero) is 1. The summed E-state index contributed by atoms with van der Waals surface area (Å²) in [5, 5.41) is 2.58. The summed E-state index contributed by atoms with van der Waals surface area (Å²) >= 11 is 3.93. The van der Waals surface area contributed by atoms with Crippen LogP contribution in [-0.2, 0) is 4.79 Å². The Morgan fingerprint density at radius 2 is 2.12 bits per heavy atom. The van der Waals surface area contributed by atoms with Crippen molar-refractivity contribution in [2.45, 2.75) is 13.0 Å². The molecule has 1 rings (SSSR count). The van der Waals surface area contributed by atoms with Crippen LogP contribution in [0.25, 0.3) is 0 Å². The van der Waals surface area contributed by atoms with Crippen LogP contribution < -0.4 is 16.8 Å². The Kier molecular flexibility index (Phi) is 4.53. The van der Waals surface area contributed by atoms with Gasteiger partial charge in [-0.3, -0.25) is 9.59 Å². The van der Waals surface area contributed by atoms with Crippen molar-refractivity contribution in [2.24, 2.45) is 5.73 Å². The maximum atomic E-state index is 11.6.